The molecule has 1 aromatic heterocycles. The summed E-state index contributed by atoms with van der Waals surface area (Å²) in [5, 5.41) is 0. The van der Waals surface area contributed by atoms with E-state index in [1.54, 1.807) is 22.5 Å². The standard InChI is InChI=1S/C7H8N.Sn/c1-6-3-4-7(2)8-5-6;/h3-5H,1H2,2H3;. The van der Waals surface area contributed by atoms with E-state index in [1.165, 1.54) is 10.0 Å². The minimum atomic E-state index is 1.10. The molecular weight excluding hydrogens is 217 g/mol. The van der Waals surface area contributed by atoms with Crippen molar-refractivity contribution in [1.29, 1.82) is 0 Å². The summed E-state index contributed by atoms with van der Waals surface area (Å²) in [4.78, 5) is 4.16. The molecule has 0 unspecified atom stereocenters. The maximum absolute atomic E-state index is 4.16. The summed E-state index contributed by atoms with van der Waals surface area (Å²) in [7, 11) is 0. The SMILES string of the molecule is Cc1ccc([CH2][Sn])cn1. The molecule has 1 nitrogen and oxygen atoms in total. The van der Waals surface area contributed by atoms with Crippen LogP contribution in [-0.4, -0.2) is 27.5 Å². The van der Waals surface area contributed by atoms with Crippen LogP contribution >= 0.6 is 0 Å². The average molecular weight is 225 g/mol. The topological polar surface area (TPSA) is 12.9 Å². The predicted molar refractivity (Wildman–Crippen MR) is 38.4 cm³/mol. The Morgan fingerprint density at radius 3 is 2.78 bits per heavy atom. The Labute approximate surface area is 68.6 Å². The summed E-state index contributed by atoms with van der Waals surface area (Å²) in [5.74, 6) is 0. The van der Waals surface area contributed by atoms with Gasteiger partial charge in [0.05, 0.1) is 0 Å². The Morgan fingerprint density at radius 1 is 1.56 bits per heavy atom. The fourth-order valence-corrected chi connectivity index (χ4v) is 1.20. The van der Waals surface area contributed by atoms with E-state index in [9.17, 15) is 0 Å². The van der Waals surface area contributed by atoms with Crippen molar-refractivity contribution >= 4 is 22.5 Å². The van der Waals surface area contributed by atoms with E-state index < -0.39 is 0 Å². The van der Waals surface area contributed by atoms with E-state index in [1.807, 2.05) is 13.1 Å². The van der Waals surface area contributed by atoms with Crippen LogP contribution in [0.4, 0.5) is 0 Å². The van der Waals surface area contributed by atoms with Gasteiger partial charge in [-0.2, -0.15) is 0 Å². The van der Waals surface area contributed by atoms with Crippen molar-refractivity contribution in [3.63, 3.8) is 0 Å². The summed E-state index contributed by atoms with van der Waals surface area (Å²) < 4.78 is 1.17. The van der Waals surface area contributed by atoms with Crippen LogP contribution in [0.15, 0.2) is 18.3 Å². The molecule has 2 heteroatoms. The van der Waals surface area contributed by atoms with Gasteiger partial charge < -0.3 is 0 Å². The van der Waals surface area contributed by atoms with Gasteiger partial charge in [0.1, 0.15) is 0 Å². The van der Waals surface area contributed by atoms with E-state index in [0.29, 0.717) is 0 Å². The van der Waals surface area contributed by atoms with Gasteiger partial charge in [0, 0.05) is 0 Å². The number of aromatic nitrogens is 1. The van der Waals surface area contributed by atoms with E-state index in [0.717, 1.165) is 5.69 Å². The van der Waals surface area contributed by atoms with E-state index in [4.69, 9.17) is 0 Å². The van der Waals surface area contributed by atoms with Gasteiger partial charge in [-0.3, -0.25) is 0 Å². The van der Waals surface area contributed by atoms with Crippen molar-refractivity contribution in [3.8, 4) is 0 Å². The molecule has 3 radical (unpaired) electrons. The van der Waals surface area contributed by atoms with Gasteiger partial charge in [0.2, 0.25) is 0 Å². The average Bonchev–Trinajstić information content (AvgIpc) is 1.90. The second-order valence-electron chi connectivity index (χ2n) is 1.98. The Balaban J connectivity index is 2.88. The molecule has 0 aliphatic heterocycles. The van der Waals surface area contributed by atoms with Crippen LogP contribution in [0.2, 0.25) is 0 Å². The van der Waals surface area contributed by atoms with Crippen molar-refractivity contribution in [3.05, 3.63) is 29.6 Å². The maximum atomic E-state index is 4.16. The monoisotopic (exact) mass is 226 g/mol. The molecular formula is C7H8NSn. The number of hydrogen-bond acceptors (Lipinski definition) is 1. The molecule has 0 fully saturated rings. The van der Waals surface area contributed by atoms with Crippen LogP contribution in [0.3, 0.4) is 0 Å². The first-order valence-electron chi connectivity index (χ1n) is 2.89. The fraction of sp³-hybridized carbons (Fsp3) is 0.286. The molecule has 0 atom stereocenters. The Morgan fingerprint density at radius 2 is 2.33 bits per heavy atom. The third-order valence-corrected chi connectivity index (χ3v) is 2.34. The van der Waals surface area contributed by atoms with E-state index >= 15 is 0 Å². The molecule has 1 rings (SSSR count). The van der Waals surface area contributed by atoms with Crippen molar-refractivity contribution in [2.24, 2.45) is 0 Å². The summed E-state index contributed by atoms with van der Waals surface area (Å²) in [6, 6.07) is 4.19. The molecule has 0 aliphatic carbocycles. The van der Waals surface area contributed by atoms with Crippen molar-refractivity contribution in [2.45, 2.75) is 11.4 Å². The van der Waals surface area contributed by atoms with Crippen LogP contribution in [0, 0.1) is 6.92 Å². The number of pyridine rings is 1. The molecule has 9 heavy (non-hydrogen) atoms. The number of hydrogen-bond donors (Lipinski definition) is 0. The van der Waals surface area contributed by atoms with Gasteiger partial charge >= 0.3 is 68.5 Å². The van der Waals surface area contributed by atoms with Crippen LogP contribution in [-0.2, 0) is 4.44 Å². The summed E-state index contributed by atoms with van der Waals surface area (Å²) in [6.45, 7) is 2.01. The minimum absolute atomic E-state index is 1.10. The van der Waals surface area contributed by atoms with Crippen molar-refractivity contribution < 1.29 is 0 Å². The molecule has 0 saturated carbocycles. The summed E-state index contributed by atoms with van der Waals surface area (Å²) in [5.41, 5.74) is 2.45. The molecule has 1 aromatic rings. The molecule has 1 heterocycles. The molecule has 0 bridgehead atoms. The summed E-state index contributed by atoms with van der Waals surface area (Å²) in [6.07, 6.45) is 1.95. The molecule has 0 N–H and O–H groups in total. The molecule has 0 aliphatic rings. The first kappa shape index (κ1) is 7.06. The normalized spacial score (nSPS) is 9.56. The van der Waals surface area contributed by atoms with Gasteiger partial charge in [0.15, 0.2) is 0 Å². The first-order valence-corrected chi connectivity index (χ1v) is 4.91. The van der Waals surface area contributed by atoms with Crippen LogP contribution in [0.25, 0.3) is 0 Å². The second kappa shape index (κ2) is 3.20. The van der Waals surface area contributed by atoms with Gasteiger partial charge in [-0.1, -0.05) is 0 Å². The fourth-order valence-electron chi connectivity index (χ4n) is 0.603. The zero-order valence-electron chi connectivity index (χ0n) is 5.39. The zero-order chi connectivity index (χ0) is 6.69. The third kappa shape index (κ3) is 1.97. The van der Waals surface area contributed by atoms with Gasteiger partial charge in [-0.05, 0) is 0 Å². The Kier molecular flexibility index (Phi) is 2.51. The van der Waals surface area contributed by atoms with Gasteiger partial charge in [-0.15, -0.1) is 0 Å². The third-order valence-electron chi connectivity index (χ3n) is 1.18. The second-order valence-corrected chi connectivity index (χ2v) is 2.99. The molecule has 0 aromatic carbocycles. The first-order chi connectivity index (χ1) is 4.33. The van der Waals surface area contributed by atoms with Gasteiger partial charge in [-0.25, -0.2) is 0 Å². The number of aryl methyl sites for hydroxylation is 1. The Hall–Kier alpha value is -0.0513. The number of rotatable bonds is 1. The predicted octanol–water partition coefficient (Wildman–Crippen LogP) is 1.06. The molecule has 45 valence electrons. The van der Waals surface area contributed by atoms with Crippen molar-refractivity contribution in [1.82, 2.24) is 4.98 Å². The molecule has 0 saturated heterocycles. The van der Waals surface area contributed by atoms with Crippen LogP contribution in [0.1, 0.15) is 11.3 Å². The summed E-state index contributed by atoms with van der Waals surface area (Å²) >= 11 is 1.55. The van der Waals surface area contributed by atoms with E-state index in [2.05, 4.69) is 17.1 Å². The van der Waals surface area contributed by atoms with Crippen molar-refractivity contribution in [2.75, 3.05) is 0 Å². The van der Waals surface area contributed by atoms with E-state index in [-0.39, 0.29) is 0 Å². The molecule has 0 spiro atoms. The molecule has 0 amide bonds. The zero-order valence-corrected chi connectivity index (χ0v) is 8.24. The van der Waals surface area contributed by atoms with Gasteiger partial charge in [0.25, 0.3) is 0 Å². The van der Waals surface area contributed by atoms with Crippen LogP contribution < -0.4 is 0 Å². The number of nitrogens with zero attached hydrogens (tertiary/aromatic N) is 1. The Bertz CT molecular complexity index is 181. The van der Waals surface area contributed by atoms with Crippen LogP contribution in [0.5, 0.6) is 0 Å². The quantitative estimate of drug-likeness (QED) is 0.651.